The van der Waals surface area contributed by atoms with Gasteiger partial charge in [0.2, 0.25) is 5.91 Å². The summed E-state index contributed by atoms with van der Waals surface area (Å²) in [5.41, 5.74) is 0. The number of sulfone groups is 1. The van der Waals surface area contributed by atoms with E-state index in [9.17, 15) is 13.2 Å². The number of hydrogen-bond donors (Lipinski definition) is 0. The summed E-state index contributed by atoms with van der Waals surface area (Å²) in [6, 6.07) is 5.75. The van der Waals surface area contributed by atoms with Crippen LogP contribution >= 0.6 is 11.8 Å². The number of thioether (sulfide) groups is 1. The average Bonchev–Trinajstić information content (AvgIpc) is 3.06. The fraction of sp³-hybridized carbons (Fsp3) is 0.650. The van der Waals surface area contributed by atoms with E-state index < -0.39 is 9.84 Å². The second kappa shape index (κ2) is 8.53. The van der Waals surface area contributed by atoms with E-state index in [-0.39, 0.29) is 29.5 Å². The predicted molar refractivity (Wildman–Crippen MR) is 109 cm³/mol. The Bertz CT molecular complexity index is 820. The van der Waals surface area contributed by atoms with Crippen LogP contribution in [0.3, 0.4) is 0 Å². The zero-order valence-electron chi connectivity index (χ0n) is 16.0. The van der Waals surface area contributed by atoms with Crippen LogP contribution in [0.15, 0.2) is 23.1 Å². The third-order valence-corrected chi connectivity index (χ3v) is 8.46. The van der Waals surface area contributed by atoms with Crippen LogP contribution in [0.1, 0.15) is 38.5 Å². The first-order chi connectivity index (χ1) is 13.5. The highest BCUT2D eigenvalue weighted by Crippen LogP contribution is 2.35. The van der Waals surface area contributed by atoms with Crippen molar-refractivity contribution < 1.29 is 22.7 Å². The van der Waals surface area contributed by atoms with E-state index in [1.165, 1.54) is 18.2 Å². The molecule has 1 atom stereocenters. The lowest BCUT2D eigenvalue weighted by atomic mass is 9.93. The van der Waals surface area contributed by atoms with Crippen LogP contribution in [0, 0.1) is 0 Å². The molecule has 8 heteroatoms. The van der Waals surface area contributed by atoms with Gasteiger partial charge in [0.15, 0.2) is 21.3 Å². The Labute approximate surface area is 170 Å². The van der Waals surface area contributed by atoms with Gasteiger partial charge in [-0.3, -0.25) is 4.79 Å². The Morgan fingerprint density at radius 2 is 1.79 bits per heavy atom. The van der Waals surface area contributed by atoms with Gasteiger partial charge >= 0.3 is 0 Å². The number of ether oxygens (including phenoxy) is 2. The van der Waals surface area contributed by atoms with Crippen LogP contribution in [-0.4, -0.2) is 61.8 Å². The number of amides is 1. The van der Waals surface area contributed by atoms with E-state index in [1.807, 2.05) is 23.1 Å². The molecule has 4 rings (SSSR count). The summed E-state index contributed by atoms with van der Waals surface area (Å²) in [5.74, 6) is 2.13. The van der Waals surface area contributed by atoms with Crippen molar-refractivity contribution in [3.63, 3.8) is 0 Å². The standard InChI is InChI=1S/C20H27NO5S2/c22-20(13-27-17-6-7-18-19(12-17)26-10-9-25-18)21(15-4-2-1-3-5-15)16-8-11-28(23,24)14-16/h6-7,12,15-16H,1-5,8-11,13-14H2/t16-/m1/s1. The maximum Gasteiger partial charge on any atom is 0.233 e. The predicted octanol–water partition coefficient (Wildman–Crippen LogP) is 2.90. The molecule has 28 heavy (non-hydrogen) atoms. The van der Waals surface area contributed by atoms with Gasteiger partial charge < -0.3 is 14.4 Å². The zero-order valence-corrected chi connectivity index (χ0v) is 17.6. The van der Waals surface area contributed by atoms with Gasteiger partial charge in [0, 0.05) is 17.0 Å². The van der Waals surface area contributed by atoms with Crippen molar-refractivity contribution in [2.75, 3.05) is 30.5 Å². The van der Waals surface area contributed by atoms with Gasteiger partial charge in [-0.2, -0.15) is 0 Å². The lowest BCUT2D eigenvalue weighted by Crippen LogP contribution is -2.49. The fourth-order valence-corrected chi connectivity index (χ4v) is 6.90. The van der Waals surface area contributed by atoms with Crippen molar-refractivity contribution in [2.24, 2.45) is 0 Å². The third kappa shape index (κ3) is 4.59. The molecule has 0 aromatic heterocycles. The first-order valence-electron chi connectivity index (χ1n) is 10.1. The molecule has 1 aliphatic carbocycles. The minimum Gasteiger partial charge on any atom is -0.486 e. The largest absolute Gasteiger partial charge is 0.486 e. The summed E-state index contributed by atoms with van der Waals surface area (Å²) in [4.78, 5) is 16.0. The van der Waals surface area contributed by atoms with Crippen LogP contribution in [0.25, 0.3) is 0 Å². The summed E-state index contributed by atoms with van der Waals surface area (Å²) in [5, 5.41) is 0. The smallest absolute Gasteiger partial charge is 0.233 e. The molecule has 1 amide bonds. The number of nitrogens with zero attached hydrogens (tertiary/aromatic N) is 1. The lowest BCUT2D eigenvalue weighted by molar-refractivity contribution is -0.133. The van der Waals surface area contributed by atoms with Gasteiger partial charge in [-0.15, -0.1) is 11.8 Å². The summed E-state index contributed by atoms with van der Waals surface area (Å²) >= 11 is 1.48. The molecule has 0 spiro atoms. The second-order valence-corrected chi connectivity index (χ2v) is 11.0. The van der Waals surface area contributed by atoms with Gasteiger partial charge in [-0.05, 0) is 37.5 Å². The van der Waals surface area contributed by atoms with Crippen molar-refractivity contribution in [1.29, 1.82) is 0 Å². The SMILES string of the molecule is O=C(CSc1ccc2c(c1)OCCO2)N(C1CCCCC1)[C@@H]1CCS(=O)(=O)C1. The summed E-state index contributed by atoms with van der Waals surface area (Å²) in [7, 11) is -3.02. The van der Waals surface area contributed by atoms with E-state index in [2.05, 4.69) is 0 Å². The fourth-order valence-electron chi connectivity index (χ4n) is 4.39. The molecular weight excluding hydrogens is 398 g/mol. The number of carbonyl (C=O) groups is 1. The minimum atomic E-state index is -3.02. The molecule has 1 saturated carbocycles. The van der Waals surface area contributed by atoms with Crippen molar-refractivity contribution in [3.05, 3.63) is 18.2 Å². The number of carbonyl (C=O) groups excluding carboxylic acids is 1. The van der Waals surface area contributed by atoms with Gasteiger partial charge in [0.05, 0.1) is 17.3 Å². The van der Waals surface area contributed by atoms with Gasteiger partial charge in [-0.25, -0.2) is 8.42 Å². The van der Waals surface area contributed by atoms with Gasteiger partial charge in [-0.1, -0.05) is 19.3 Å². The Kier molecular flexibility index (Phi) is 6.06. The molecular formula is C20H27NO5S2. The van der Waals surface area contributed by atoms with Crippen molar-refractivity contribution in [2.45, 2.75) is 55.5 Å². The topological polar surface area (TPSA) is 72.9 Å². The highest BCUT2D eigenvalue weighted by Gasteiger charge is 2.38. The quantitative estimate of drug-likeness (QED) is 0.676. The molecule has 1 aromatic carbocycles. The first-order valence-corrected chi connectivity index (χ1v) is 12.9. The van der Waals surface area contributed by atoms with Gasteiger partial charge in [0.1, 0.15) is 13.2 Å². The molecule has 6 nitrogen and oxygen atoms in total. The third-order valence-electron chi connectivity index (χ3n) is 5.73. The Morgan fingerprint density at radius 3 is 2.50 bits per heavy atom. The molecule has 0 N–H and O–H groups in total. The maximum atomic E-state index is 13.2. The van der Waals surface area contributed by atoms with Crippen molar-refractivity contribution in [1.82, 2.24) is 4.90 Å². The van der Waals surface area contributed by atoms with E-state index >= 15 is 0 Å². The molecule has 0 unspecified atom stereocenters. The number of fused-ring (bicyclic) bond motifs is 1. The summed E-state index contributed by atoms with van der Waals surface area (Å²) in [6.07, 6.45) is 5.97. The van der Waals surface area contributed by atoms with E-state index in [0.717, 1.165) is 42.1 Å². The second-order valence-electron chi connectivity index (χ2n) is 7.74. The average molecular weight is 426 g/mol. The Hall–Kier alpha value is -1.41. The van der Waals surface area contributed by atoms with Crippen LogP contribution in [-0.2, 0) is 14.6 Å². The van der Waals surface area contributed by atoms with Crippen LogP contribution < -0.4 is 9.47 Å². The molecule has 2 heterocycles. The molecule has 1 aromatic rings. The van der Waals surface area contributed by atoms with E-state index in [1.54, 1.807) is 0 Å². The van der Waals surface area contributed by atoms with Crippen molar-refractivity contribution >= 4 is 27.5 Å². The van der Waals surface area contributed by atoms with Crippen LogP contribution in [0.2, 0.25) is 0 Å². The zero-order chi connectivity index (χ0) is 19.6. The summed E-state index contributed by atoms with van der Waals surface area (Å²) < 4.78 is 35.2. The maximum absolute atomic E-state index is 13.2. The van der Waals surface area contributed by atoms with E-state index in [0.29, 0.717) is 25.4 Å². The molecule has 0 radical (unpaired) electrons. The molecule has 0 bridgehead atoms. The molecule has 154 valence electrons. The molecule has 2 fully saturated rings. The minimum absolute atomic E-state index is 0.0499. The van der Waals surface area contributed by atoms with Crippen LogP contribution in [0.5, 0.6) is 11.5 Å². The highest BCUT2D eigenvalue weighted by molar-refractivity contribution is 8.00. The lowest BCUT2D eigenvalue weighted by Gasteiger charge is -2.38. The Morgan fingerprint density at radius 1 is 1.04 bits per heavy atom. The van der Waals surface area contributed by atoms with Crippen LogP contribution in [0.4, 0.5) is 0 Å². The highest BCUT2D eigenvalue weighted by atomic mass is 32.2. The Balaban J connectivity index is 1.44. The molecule has 2 aliphatic heterocycles. The first kappa shape index (κ1) is 19.9. The molecule has 3 aliphatic rings. The monoisotopic (exact) mass is 425 g/mol. The number of hydrogen-bond acceptors (Lipinski definition) is 6. The normalized spacial score (nSPS) is 24.1. The van der Waals surface area contributed by atoms with Crippen molar-refractivity contribution in [3.8, 4) is 11.5 Å². The molecule has 1 saturated heterocycles. The number of benzene rings is 1. The summed E-state index contributed by atoms with van der Waals surface area (Å²) in [6.45, 7) is 1.09. The van der Waals surface area contributed by atoms with Gasteiger partial charge in [0.25, 0.3) is 0 Å². The number of rotatable bonds is 5. The van der Waals surface area contributed by atoms with E-state index in [4.69, 9.17) is 9.47 Å².